The molecule has 0 saturated carbocycles. The van der Waals surface area contributed by atoms with Gasteiger partial charge in [-0.05, 0) is 25.5 Å². The number of hydrogen-bond donors (Lipinski definition) is 2. The Morgan fingerprint density at radius 1 is 1.48 bits per heavy atom. The first-order chi connectivity index (χ1) is 9.58. The number of halogens is 1. The summed E-state index contributed by atoms with van der Waals surface area (Å²) in [6.07, 6.45) is -0.222. The van der Waals surface area contributed by atoms with E-state index in [4.69, 9.17) is 5.73 Å². The number of hydrogen-bond acceptors (Lipinski definition) is 5. The molecule has 1 rings (SSSR count). The maximum absolute atomic E-state index is 13.6. The van der Waals surface area contributed by atoms with E-state index in [2.05, 4.69) is 4.72 Å². The number of rotatable bonds is 6. The van der Waals surface area contributed by atoms with Crippen LogP contribution in [0, 0.1) is 29.8 Å². The maximum Gasteiger partial charge on any atom is 0.309 e. The lowest BCUT2D eigenvalue weighted by atomic mass is 10.1. The second kappa shape index (κ2) is 6.14. The Bertz CT molecular complexity index is 702. The largest absolute Gasteiger partial charge is 0.370 e. The van der Waals surface area contributed by atoms with E-state index in [1.807, 2.05) is 0 Å². The van der Waals surface area contributed by atoms with Gasteiger partial charge < -0.3 is 5.73 Å². The Hall–Kier alpha value is -2.07. The third-order valence-electron chi connectivity index (χ3n) is 2.74. The number of nitro groups is 1. The Morgan fingerprint density at radius 2 is 2.05 bits per heavy atom. The van der Waals surface area contributed by atoms with Gasteiger partial charge in [-0.3, -0.25) is 14.9 Å². The molecule has 0 aliphatic carbocycles. The minimum atomic E-state index is -4.12. The predicted molar refractivity (Wildman–Crippen MR) is 71.5 cm³/mol. The molecule has 0 bridgehead atoms. The summed E-state index contributed by atoms with van der Waals surface area (Å²) in [5, 5.41) is 10.8. The van der Waals surface area contributed by atoms with Crippen molar-refractivity contribution in [3.8, 4) is 0 Å². The van der Waals surface area contributed by atoms with Crippen molar-refractivity contribution in [2.75, 3.05) is 6.54 Å². The van der Waals surface area contributed by atoms with Gasteiger partial charge in [0.1, 0.15) is 0 Å². The first kappa shape index (κ1) is 17.0. The van der Waals surface area contributed by atoms with E-state index in [1.165, 1.54) is 6.92 Å². The van der Waals surface area contributed by atoms with Crippen molar-refractivity contribution in [3.05, 3.63) is 33.1 Å². The molecule has 1 aromatic carbocycles. The highest BCUT2D eigenvalue weighted by molar-refractivity contribution is 7.89. The van der Waals surface area contributed by atoms with Crippen LogP contribution < -0.4 is 10.5 Å². The lowest BCUT2D eigenvalue weighted by molar-refractivity contribution is -0.388. The molecule has 0 aromatic heterocycles. The number of sulfonamides is 1. The quantitative estimate of drug-likeness (QED) is 0.582. The first-order valence-corrected chi connectivity index (χ1v) is 7.28. The molecule has 0 heterocycles. The molecule has 116 valence electrons. The highest BCUT2D eigenvalue weighted by Gasteiger charge is 2.29. The predicted octanol–water partition coefficient (Wildman–Crippen LogP) is 0.504. The standard InChI is InChI=1S/C11H14FN3O5S/c1-6-5-8(12)10(15(17)18)7(2)11(6)21(19,20)14-4-3-9(13)16/h5,14H,3-4H2,1-2H3,(H2,13,16). The molecule has 8 nitrogen and oxygen atoms in total. The third kappa shape index (κ3) is 3.73. The van der Waals surface area contributed by atoms with Crippen LogP contribution in [0.25, 0.3) is 0 Å². The van der Waals surface area contributed by atoms with Crippen molar-refractivity contribution < 1.29 is 22.5 Å². The number of aryl methyl sites for hydroxylation is 1. The first-order valence-electron chi connectivity index (χ1n) is 5.80. The number of nitrogens with zero attached hydrogens (tertiary/aromatic N) is 1. The van der Waals surface area contributed by atoms with E-state index in [0.29, 0.717) is 0 Å². The van der Waals surface area contributed by atoms with E-state index in [-0.39, 0.29) is 29.0 Å². The summed E-state index contributed by atoms with van der Waals surface area (Å²) < 4.78 is 39.9. The van der Waals surface area contributed by atoms with Gasteiger partial charge >= 0.3 is 5.69 Å². The van der Waals surface area contributed by atoms with Crippen LogP contribution in [0.1, 0.15) is 17.5 Å². The summed E-state index contributed by atoms with van der Waals surface area (Å²) >= 11 is 0. The molecule has 3 N–H and O–H groups in total. The van der Waals surface area contributed by atoms with Crippen molar-refractivity contribution in [2.45, 2.75) is 25.2 Å². The number of amides is 1. The Balaban J connectivity index is 3.32. The van der Waals surface area contributed by atoms with Crippen molar-refractivity contribution in [3.63, 3.8) is 0 Å². The molecule has 0 aliphatic heterocycles. The maximum atomic E-state index is 13.6. The number of nitro benzene ring substituents is 1. The fourth-order valence-corrected chi connectivity index (χ4v) is 3.42. The van der Waals surface area contributed by atoms with Crippen LogP contribution in [0.2, 0.25) is 0 Å². The Labute approximate surface area is 120 Å². The number of carbonyl (C=O) groups excluding carboxylic acids is 1. The molecular formula is C11H14FN3O5S. The number of nitrogens with two attached hydrogens (primary N) is 1. The lowest BCUT2D eigenvalue weighted by Crippen LogP contribution is -2.29. The molecule has 0 radical (unpaired) electrons. The Kier molecular flexibility index (Phi) is 4.97. The fraction of sp³-hybridized carbons (Fsp3) is 0.364. The zero-order valence-electron chi connectivity index (χ0n) is 11.3. The SMILES string of the molecule is Cc1cc(F)c([N+](=O)[O-])c(C)c1S(=O)(=O)NCCC(N)=O. The molecule has 1 amide bonds. The van der Waals surface area contributed by atoms with Crippen molar-refractivity contribution in [1.82, 2.24) is 4.72 Å². The summed E-state index contributed by atoms with van der Waals surface area (Å²) in [4.78, 5) is 20.1. The highest BCUT2D eigenvalue weighted by Crippen LogP contribution is 2.30. The fourth-order valence-electron chi connectivity index (χ4n) is 1.92. The second-order valence-electron chi connectivity index (χ2n) is 4.35. The molecule has 0 unspecified atom stereocenters. The normalized spacial score (nSPS) is 11.4. The number of carbonyl (C=O) groups is 1. The summed E-state index contributed by atoms with van der Waals surface area (Å²) in [5.41, 5.74) is 3.73. The van der Waals surface area contributed by atoms with Crippen LogP contribution in [-0.4, -0.2) is 25.8 Å². The minimum absolute atomic E-state index is 0.0298. The van der Waals surface area contributed by atoms with Crippen molar-refractivity contribution in [1.29, 1.82) is 0 Å². The van der Waals surface area contributed by atoms with E-state index >= 15 is 0 Å². The second-order valence-corrected chi connectivity index (χ2v) is 6.05. The van der Waals surface area contributed by atoms with Crippen LogP contribution >= 0.6 is 0 Å². The number of benzene rings is 1. The number of nitrogens with one attached hydrogen (secondary N) is 1. The topological polar surface area (TPSA) is 132 Å². The summed E-state index contributed by atoms with van der Waals surface area (Å²) in [5.74, 6) is -1.80. The van der Waals surface area contributed by atoms with Crippen molar-refractivity contribution >= 4 is 21.6 Å². The van der Waals surface area contributed by atoms with E-state index < -0.39 is 32.4 Å². The van der Waals surface area contributed by atoms with Crippen LogP contribution in [0.15, 0.2) is 11.0 Å². The summed E-state index contributed by atoms with van der Waals surface area (Å²) in [6.45, 7) is 2.22. The van der Waals surface area contributed by atoms with E-state index in [9.17, 15) is 27.7 Å². The van der Waals surface area contributed by atoms with Gasteiger partial charge in [0, 0.05) is 13.0 Å². The van der Waals surface area contributed by atoms with E-state index in [1.54, 1.807) is 0 Å². The average Bonchev–Trinajstić information content (AvgIpc) is 2.25. The minimum Gasteiger partial charge on any atom is -0.370 e. The molecule has 0 aliphatic rings. The molecule has 0 fully saturated rings. The van der Waals surface area contributed by atoms with Gasteiger partial charge in [0.2, 0.25) is 21.7 Å². The van der Waals surface area contributed by atoms with Gasteiger partial charge in [0.05, 0.1) is 15.4 Å². The molecule has 0 spiro atoms. The average molecular weight is 319 g/mol. The summed E-state index contributed by atoms with van der Waals surface area (Å²) in [6, 6.07) is 0.785. The van der Waals surface area contributed by atoms with Crippen molar-refractivity contribution in [2.24, 2.45) is 5.73 Å². The van der Waals surface area contributed by atoms with Crippen LogP contribution in [0.5, 0.6) is 0 Å². The summed E-state index contributed by atoms with van der Waals surface area (Å²) in [7, 11) is -4.12. The van der Waals surface area contributed by atoms with Crippen LogP contribution in [-0.2, 0) is 14.8 Å². The molecular weight excluding hydrogens is 305 g/mol. The van der Waals surface area contributed by atoms with E-state index in [0.717, 1.165) is 13.0 Å². The zero-order valence-corrected chi connectivity index (χ0v) is 12.2. The van der Waals surface area contributed by atoms with Gasteiger partial charge in [-0.1, -0.05) is 0 Å². The van der Waals surface area contributed by atoms with Gasteiger partial charge in [0.25, 0.3) is 0 Å². The number of primary amides is 1. The third-order valence-corrected chi connectivity index (χ3v) is 4.49. The van der Waals surface area contributed by atoms with Crippen LogP contribution in [0.3, 0.4) is 0 Å². The monoisotopic (exact) mass is 319 g/mol. The smallest absolute Gasteiger partial charge is 0.309 e. The molecule has 1 aromatic rings. The van der Waals surface area contributed by atoms with Crippen LogP contribution in [0.4, 0.5) is 10.1 Å². The Morgan fingerprint density at radius 3 is 2.52 bits per heavy atom. The molecule has 10 heteroatoms. The molecule has 0 atom stereocenters. The lowest BCUT2D eigenvalue weighted by Gasteiger charge is -2.12. The van der Waals surface area contributed by atoms with Gasteiger partial charge in [0.15, 0.2) is 0 Å². The highest BCUT2D eigenvalue weighted by atomic mass is 32.2. The molecule has 0 saturated heterocycles. The van der Waals surface area contributed by atoms with Gasteiger partial charge in [-0.15, -0.1) is 0 Å². The van der Waals surface area contributed by atoms with Gasteiger partial charge in [-0.2, -0.15) is 4.39 Å². The molecule has 21 heavy (non-hydrogen) atoms. The van der Waals surface area contributed by atoms with Gasteiger partial charge in [-0.25, -0.2) is 13.1 Å². The zero-order chi connectivity index (χ0) is 16.4.